The predicted octanol–water partition coefficient (Wildman–Crippen LogP) is 4.23. The Morgan fingerprint density at radius 3 is 2.54 bits per heavy atom. The predicted molar refractivity (Wildman–Crippen MR) is 95.4 cm³/mol. The van der Waals surface area contributed by atoms with Crippen LogP contribution in [0.1, 0.15) is 23.1 Å². The average molecular weight is 346 g/mol. The molecule has 0 aliphatic carbocycles. The van der Waals surface area contributed by atoms with Crippen molar-refractivity contribution in [3.05, 3.63) is 64.2 Å². The lowest BCUT2D eigenvalue weighted by atomic mass is 9.94. The second-order valence-electron chi connectivity index (χ2n) is 5.89. The SMILES string of the molecule is Cc1cccc(C[C@@H](CC(=O)O)C(=O)Nc2cccc(Cl)c2C)c1. The first-order chi connectivity index (χ1) is 11.4. The van der Waals surface area contributed by atoms with Crippen molar-refractivity contribution in [2.24, 2.45) is 5.92 Å². The van der Waals surface area contributed by atoms with E-state index in [-0.39, 0.29) is 12.3 Å². The molecule has 0 fully saturated rings. The fraction of sp³-hybridized carbons (Fsp3) is 0.263. The Morgan fingerprint density at radius 1 is 1.17 bits per heavy atom. The zero-order valence-electron chi connectivity index (χ0n) is 13.7. The minimum atomic E-state index is -0.995. The van der Waals surface area contributed by atoms with Gasteiger partial charge in [0.2, 0.25) is 5.91 Å². The third-order valence-corrected chi connectivity index (χ3v) is 4.29. The van der Waals surface area contributed by atoms with Crippen LogP contribution in [0.5, 0.6) is 0 Å². The Balaban J connectivity index is 2.18. The maximum Gasteiger partial charge on any atom is 0.304 e. The Labute approximate surface area is 146 Å². The maximum absolute atomic E-state index is 12.6. The van der Waals surface area contributed by atoms with Gasteiger partial charge in [-0.15, -0.1) is 0 Å². The molecule has 0 aliphatic heterocycles. The van der Waals surface area contributed by atoms with E-state index >= 15 is 0 Å². The zero-order valence-corrected chi connectivity index (χ0v) is 14.4. The molecule has 0 radical (unpaired) electrons. The van der Waals surface area contributed by atoms with Crippen LogP contribution in [0, 0.1) is 19.8 Å². The molecule has 4 nitrogen and oxygen atoms in total. The number of carboxylic acid groups (broad SMARTS) is 1. The second kappa shape index (κ2) is 7.97. The molecule has 2 aromatic carbocycles. The van der Waals surface area contributed by atoms with Crippen molar-refractivity contribution in [1.82, 2.24) is 0 Å². The van der Waals surface area contributed by atoms with Gasteiger partial charge in [0, 0.05) is 10.7 Å². The van der Waals surface area contributed by atoms with E-state index in [1.807, 2.05) is 38.1 Å². The molecule has 5 heteroatoms. The molecule has 0 bridgehead atoms. The lowest BCUT2D eigenvalue weighted by Crippen LogP contribution is -2.27. The fourth-order valence-corrected chi connectivity index (χ4v) is 2.74. The van der Waals surface area contributed by atoms with Gasteiger partial charge in [0.15, 0.2) is 0 Å². The normalized spacial score (nSPS) is 11.8. The molecule has 2 N–H and O–H groups in total. The van der Waals surface area contributed by atoms with Crippen molar-refractivity contribution in [3.8, 4) is 0 Å². The number of carbonyl (C=O) groups excluding carboxylic acids is 1. The smallest absolute Gasteiger partial charge is 0.304 e. The summed E-state index contributed by atoms with van der Waals surface area (Å²) in [5.41, 5.74) is 3.39. The maximum atomic E-state index is 12.6. The Hall–Kier alpha value is -2.33. The van der Waals surface area contributed by atoms with E-state index in [1.54, 1.807) is 18.2 Å². The number of aliphatic carboxylic acids is 1. The molecule has 1 atom stereocenters. The summed E-state index contributed by atoms with van der Waals surface area (Å²) in [5, 5.41) is 12.5. The largest absolute Gasteiger partial charge is 0.481 e. The number of aryl methyl sites for hydroxylation is 1. The van der Waals surface area contributed by atoms with Crippen LogP contribution in [0.2, 0.25) is 5.02 Å². The van der Waals surface area contributed by atoms with Crippen LogP contribution in [0.25, 0.3) is 0 Å². The van der Waals surface area contributed by atoms with Crippen LogP contribution >= 0.6 is 11.6 Å². The Morgan fingerprint density at radius 2 is 1.88 bits per heavy atom. The Kier molecular flexibility index (Phi) is 5.99. The molecule has 24 heavy (non-hydrogen) atoms. The zero-order chi connectivity index (χ0) is 17.7. The lowest BCUT2D eigenvalue weighted by molar-refractivity contribution is -0.140. The number of carbonyl (C=O) groups is 2. The van der Waals surface area contributed by atoms with Crippen LogP contribution in [-0.2, 0) is 16.0 Å². The van der Waals surface area contributed by atoms with Gasteiger partial charge in [0.05, 0.1) is 12.3 Å². The van der Waals surface area contributed by atoms with Crippen LogP contribution in [0.4, 0.5) is 5.69 Å². The minimum absolute atomic E-state index is 0.223. The van der Waals surface area contributed by atoms with E-state index in [0.717, 1.165) is 16.7 Å². The second-order valence-corrected chi connectivity index (χ2v) is 6.30. The van der Waals surface area contributed by atoms with Crippen molar-refractivity contribution in [2.75, 3.05) is 5.32 Å². The topological polar surface area (TPSA) is 66.4 Å². The number of nitrogens with one attached hydrogen (secondary N) is 1. The molecule has 2 aromatic rings. The molecular weight excluding hydrogens is 326 g/mol. The van der Waals surface area contributed by atoms with Gasteiger partial charge >= 0.3 is 5.97 Å². The summed E-state index contributed by atoms with van der Waals surface area (Å²) >= 11 is 6.06. The number of carboxylic acids is 1. The third-order valence-electron chi connectivity index (χ3n) is 3.88. The first-order valence-corrected chi connectivity index (χ1v) is 8.08. The highest BCUT2D eigenvalue weighted by Crippen LogP contribution is 2.24. The number of benzene rings is 2. The highest BCUT2D eigenvalue weighted by atomic mass is 35.5. The molecule has 0 spiro atoms. The van der Waals surface area contributed by atoms with Gasteiger partial charge < -0.3 is 10.4 Å². The monoisotopic (exact) mass is 345 g/mol. The van der Waals surface area contributed by atoms with Crippen LogP contribution in [0.3, 0.4) is 0 Å². The van der Waals surface area contributed by atoms with E-state index in [0.29, 0.717) is 17.1 Å². The first kappa shape index (κ1) is 18.0. The molecule has 0 aliphatic rings. The number of hydrogen-bond acceptors (Lipinski definition) is 2. The van der Waals surface area contributed by atoms with Gasteiger partial charge in [-0.25, -0.2) is 0 Å². The van der Waals surface area contributed by atoms with Gasteiger partial charge in [-0.05, 0) is 43.5 Å². The highest BCUT2D eigenvalue weighted by molar-refractivity contribution is 6.31. The first-order valence-electron chi connectivity index (χ1n) is 7.70. The standard InChI is InChI=1S/C19H20ClNO3/c1-12-5-3-6-14(9-12)10-15(11-18(22)23)19(24)21-17-8-4-7-16(20)13(17)2/h3-9,15H,10-11H2,1-2H3,(H,21,24)(H,22,23)/t15-/m0/s1. The number of hydrogen-bond donors (Lipinski definition) is 2. The number of anilines is 1. The van der Waals surface area contributed by atoms with Gasteiger partial charge in [0.1, 0.15) is 0 Å². The molecule has 0 aromatic heterocycles. The summed E-state index contributed by atoms with van der Waals surface area (Å²) in [4.78, 5) is 23.7. The van der Waals surface area contributed by atoms with Crippen LogP contribution < -0.4 is 5.32 Å². The summed E-state index contributed by atoms with van der Waals surface area (Å²) < 4.78 is 0. The Bertz CT molecular complexity index is 758. The minimum Gasteiger partial charge on any atom is -0.481 e. The van der Waals surface area contributed by atoms with Crippen molar-refractivity contribution < 1.29 is 14.7 Å². The summed E-state index contributed by atoms with van der Waals surface area (Å²) in [7, 11) is 0. The lowest BCUT2D eigenvalue weighted by Gasteiger charge is -2.17. The fourth-order valence-electron chi connectivity index (χ4n) is 2.57. The van der Waals surface area contributed by atoms with Gasteiger partial charge in [0.25, 0.3) is 0 Å². The summed E-state index contributed by atoms with van der Waals surface area (Å²) in [5.74, 6) is -1.96. The molecular formula is C19H20ClNO3. The van der Waals surface area contributed by atoms with E-state index in [9.17, 15) is 9.59 Å². The van der Waals surface area contributed by atoms with E-state index in [1.165, 1.54) is 0 Å². The van der Waals surface area contributed by atoms with Crippen molar-refractivity contribution in [3.63, 3.8) is 0 Å². The van der Waals surface area contributed by atoms with E-state index < -0.39 is 11.9 Å². The molecule has 1 amide bonds. The van der Waals surface area contributed by atoms with E-state index in [4.69, 9.17) is 16.7 Å². The summed E-state index contributed by atoms with van der Waals surface area (Å²) in [6.07, 6.45) is 0.152. The number of halogens is 1. The molecule has 126 valence electrons. The van der Waals surface area contributed by atoms with Crippen molar-refractivity contribution in [1.29, 1.82) is 0 Å². The highest BCUT2D eigenvalue weighted by Gasteiger charge is 2.23. The molecule has 2 rings (SSSR count). The number of rotatable bonds is 6. The van der Waals surface area contributed by atoms with Crippen molar-refractivity contribution >= 4 is 29.2 Å². The van der Waals surface area contributed by atoms with Gasteiger partial charge in [-0.3, -0.25) is 9.59 Å². The van der Waals surface area contributed by atoms with Gasteiger partial charge in [-0.1, -0.05) is 47.5 Å². The quantitative estimate of drug-likeness (QED) is 0.823. The number of amides is 1. The molecule has 0 saturated carbocycles. The van der Waals surface area contributed by atoms with E-state index in [2.05, 4.69) is 5.32 Å². The van der Waals surface area contributed by atoms with Gasteiger partial charge in [-0.2, -0.15) is 0 Å². The molecule has 0 unspecified atom stereocenters. The molecule has 0 saturated heterocycles. The third kappa shape index (κ3) is 4.83. The molecule has 0 heterocycles. The average Bonchev–Trinajstić information content (AvgIpc) is 2.51. The summed E-state index contributed by atoms with van der Waals surface area (Å²) in [6.45, 7) is 3.77. The van der Waals surface area contributed by atoms with Crippen LogP contribution in [0.15, 0.2) is 42.5 Å². The summed E-state index contributed by atoms with van der Waals surface area (Å²) in [6, 6.07) is 13.0. The van der Waals surface area contributed by atoms with Crippen molar-refractivity contribution in [2.45, 2.75) is 26.7 Å². The van der Waals surface area contributed by atoms with Crippen LogP contribution in [-0.4, -0.2) is 17.0 Å².